The molecule has 0 bridgehead atoms. The van der Waals surface area contributed by atoms with Gasteiger partial charge in [-0.05, 0) is 28.8 Å². The summed E-state index contributed by atoms with van der Waals surface area (Å²) in [5.41, 5.74) is 4.95. The second-order valence-electron chi connectivity index (χ2n) is 6.65. The zero-order valence-electron chi connectivity index (χ0n) is 15.7. The average Bonchev–Trinajstić information content (AvgIpc) is 3.20. The molecule has 0 fully saturated rings. The molecule has 2 aromatic carbocycles. The van der Waals surface area contributed by atoms with Crippen molar-refractivity contribution in [2.24, 2.45) is 0 Å². The van der Waals surface area contributed by atoms with Gasteiger partial charge in [0.15, 0.2) is 0 Å². The van der Waals surface area contributed by atoms with Crippen LogP contribution in [0.5, 0.6) is 0 Å². The SMILES string of the molecule is CN(CCC#N)c1ccc(CNCc2cccc(Cn3ccnc3)c2)cc1. The van der Waals surface area contributed by atoms with E-state index in [-0.39, 0.29) is 0 Å². The van der Waals surface area contributed by atoms with Crippen LogP contribution in [0.3, 0.4) is 0 Å². The minimum Gasteiger partial charge on any atom is -0.374 e. The van der Waals surface area contributed by atoms with Crippen LogP contribution in [-0.4, -0.2) is 23.1 Å². The molecule has 0 radical (unpaired) electrons. The van der Waals surface area contributed by atoms with Gasteiger partial charge < -0.3 is 14.8 Å². The van der Waals surface area contributed by atoms with Crippen molar-refractivity contribution in [1.82, 2.24) is 14.9 Å². The maximum atomic E-state index is 8.69. The van der Waals surface area contributed by atoms with Gasteiger partial charge in [-0.15, -0.1) is 0 Å². The lowest BCUT2D eigenvalue weighted by Crippen LogP contribution is -2.18. The van der Waals surface area contributed by atoms with Crippen molar-refractivity contribution in [3.63, 3.8) is 0 Å². The highest BCUT2D eigenvalue weighted by molar-refractivity contribution is 5.46. The van der Waals surface area contributed by atoms with E-state index >= 15 is 0 Å². The van der Waals surface area contributed by atoms with E-state index in [2.05, 4.69) is 74.4 Å². The van der Waals surface area contributed by atoms with Gasteiger partial charge in [-0.2, -0.15) is 5.26 Å². The monoisotopic (exact) mass is 359 g/mol. The molecule has 5 nitrogen and oxygen atoms in total. The fraction of sp³-hybridized carbons (Fsp3) is 0.273. The Morgan fingerprint density at radius 1 is 1.07 bits per heavy atom. The number of imidazole rings is 1. The molecule has 0 spiro atoms. The van der Waals surface area contributed by atoms with E-state index < -0.39 is 0 Å². The Labute approximate surface area is 160 Å². The van der Waals surface area contributed by atoms with E-state index in [1.807, 2.05) is 19.6 Å². The summed E-state index contributed by atoms with van der Waals surface area (Å²) >= 11 is 0. The summed E-state index contributed by atoms with van der Waals surface area (Å²) in [6.07, 6.45) is 6.16. The van der Waals surface area contributed by atoms with E-state index in [0.29, 0.717) is 6.42 Å². The minimum atomic E-state index is 0.541. The molecule has 138 valence electrons. The first-order valence-electron chi connectivity index (χ1n) is 9.16. The fourth-order valence-electron chi connectivity index (χ4n) is 3.00. The Morgan fingerprint density at radius 2 is 1.85 bits per heavy atom. The lowest BCUT2D eigenvalue weighted by molar-refractivity contribution is 0.691. The summed E-state index contributed by atoms with van der Waals surface area (Å²) in [6, 6.07) is 19.3. The largest absolute Gasteiger partial charge is 0.374 e. The van der Waals surface area contributed by atoms with Gasteiger partial charge in [0.25, 0.3) is 0 Å². The van der Waals surface area contributed by atoms with E-state index in [9.17, 15) is 0 Å². The van der Waals surface area contributed by atoms with E-state index in [1.165, 1.54) is 16.7 Å². The van der Waals surface area contributed by atoms with Crippen molar-refractivity contribution < 1.29 is 0 Å². The molecule has 0 saturated carbocycles. The predicted molar refractivity (Wildman–Crippen MR) is 108 cm³/mol. The number of anilines is 1. The molecule has 0 saturated heterocycles. The molecular weight excluding hydrogens is 334 g/mol. The molecule has 0 aliphatic heterocycles. The third-order valence-corrected chi connectivity index (χ3v) is 4.51. The molecule has 0 aliphatic carbocycles. The zero-order chi connectivity index (χ0) is 18.9. The smallest absolute Gasteiger partial charge is 0.0949 e. The normalized spacial score (nSPS) is 10.5. The molecule has 1 aromatic heterocycles. The summed E-state index contributed by atoms with van der Waals surface area (Å²) < 4.78 is 2.07. The first-order valence-corrected chi connectivity index (χ1v) is 9.16. The van der Waals surface area contributed by atoms with Crippen LogP contribution in [0.1, 0.15) is 23.1 Å². The summed E-state index contributed by atoms with van der Waals surface area (Å²) in [5, 5.41) is 12.2. The van der Waals surface area contributed by atoms with Gasteiger partial charge in [-0.1, -0.05) is 36.4 Å². The van der Waals surface area contributed by atoms with Gasteiger partial charge in [-0.3, -0.25) is 0 Å². The fourth-order valence-corrected chi connectivity index (χ4v) is 3.00. The topological polar surface area (TPSA) is 56.9 Å². The highest BCUT2D eigenvalue weighted by Gasteiger charge is 2.01. The van der Waals surface area contributed by atoms with Crippen molar-refractivity contribution in [3.05, 3.63) is 83.9 Å². The lowest BCUT2D eigenvalue weighted by atomic mass is 10.1. The third kappa shape index (κ3) is 5.70. The first-order chi connectivity index (χ1) is 13.2. The number of hydrogen-bond donors (Lipinski definition) is 1. The lowest BCUT2D eigenvalue weighted by Gasteiger charge is -2.18. The Bertz CT molecular complexity index is 862. The molecule has 0 amide bonds. The highest BCUT2D eigenvalue weighted by atomic mass is 15.1. The molecular formula is C22H25N5. The maximum Gasteiger partial charge on any atom is 0.0949 e. The summed E-state index contributed by atoms with van der Waals surface area (Å²) in [6.45, 7) is 3.26. The van der Waals surface area contributed by atoms with Crippen LogP contribution < -0.4 is 10.2 Å². The van der Waals surface area contributed by atoms with Gasteiger partial charge in [0.2, 0.25) is 0 Å². The number of nitrogens with zero attached hydrogens (tertiary/aromatic N) is 4. The van der Waals surface area contributed by atoms with Gasteiger partial charge in [0, 0.05) is 51.3 Å². The van der Waals surface area contributed by atoms with Crippen LogP contribution in [-0.2, 0) is 19.6 Å². The minimum absolute atomic E-state index is 0.541. The molecule has 1 N–H and O–H groups in total. The van der Waals surface area contributed by atoms with Crippen molar-refractivity contribution in [3.8, 4) is 6.07 Å². The number of nitrogens with one attached hydrogen (secondary N) is 1. The van der Waals surface area contributed by atoms with Crippen molar-refractivity contribution in [1.29, 1.82) is 5.26 Å². The van der Waals surface area contributed by atoms with E-state index in [0.717, 1.165) is 31.9 Å². The summed E-state index contributed by atoms with van der Waals surface area (Å²) in [4.78, 5) is 6.19. The van der Waals surface area contributed by atoms with Crippen LogP contribution in [0.15, 0.2) is 67.3 Å². The second kappa shape index (κ2) is 9.56. The van der Waals surface area contributed by atoms with Crippen LogP contribution in [0.2, 0.25) is 0 Å². The Kier molecular flexibility index (Phi) is 6.61. The molecule has 0 aliphatic rings. The summed E-state index contributed by atoms with van der Waals surface area (Å²) in [5.74, 6) is 0. The van der Waals surface area contributed by atoms with E-state index in [4.69, 9.17) is 5.26 Å². The van der Waals surface area contributed by atoms with Crippen molar-refractivity contribution >= 4 is 5.69 Å². The molecule has 1 heterocycles. The van der Waals surface area contributed by atoms with Gasteiger partial charge in [0.1, 0.15) is 0 Å². The zero-order valence-corrected chi connectivity index (χ0v) is 15.7. The van der Waals surface area contributed by atoms with Gasteiger partial charge in [-0.25, -0.2) is 4.98 Å². The average molecular weight is 359 g/mol. The summed E-state index contributed by atoms with van der Waals surface area (Å²) in [7, 11) is 2.02. The van der Waals surface area contributed by atoms with Crippen LogP contribution >= 0.6 is 0 Å². The molecule has 27 heavy (non-hydrogen) atoms. The van der Waals surface area contributed by atoms with Crippen LogP contribution in [0, 0.1) is 11.3 Å². The van der Waals surface area contributed by atoms with Gasteiger partial charge >= 0.3 is 0 Å². The maximum absolute atomic E-state index is 8.69. The Morgan fingerprint density at radius 3 is 2.59 bits per heavy atom. The number of aromatic nitrogens is 2. The number of hydrogen-bond acceptors (Lipinski definition) is 4. The number of rotatable bonds is 9. The van der Waals surface area contributed by atoms with Crippen LogP contribution in [0.25, 0.3) is 0 Å². The standard InChI is InChI=1S/C22H25N5/c1-26(12-3-10-23)22-8-6-19(7-9-22)15-25-16-20-4-2-5-21(14-20)17-27-13-11-24-18-27/h2,4-9,11,13-14,18,25H,3,12,15-17H2,1H3. The molecule has 0 unspecified atom stereocenters. The second-order valence-corrected chi connectivity index (χ2v) is 6.65. The van der Waals surface area contributed by atoms with Crippen LogP contribution in [0.4, 0.5) is 5.69 Å². The number of benzene rings is 2. The number of nitriles is 1. The molecule has 3 rings (SSSR count). The first kappa shape index (κ1) is 18.7. The van der Waals surface area contributed by atoms with E-state index in [1.54, 1.807) is 6.20 Å². The van der Waals surface area contributed by atoms with Crippen molar-refractivity contribution in [2.75, 3.05) is 18.5 Å². The third-order valence-electron chi connectivity index (χ3n) is 4.51. The van der Waals surface area contributed by atoms with Crippen molar-refractivity contribution in [2.45, 2.75) is 26.1 Å². The Hall–Kier alpha value is -3.10. The molecule has 3 aromatic rings. The Balaban J connectivity index is 1.49. The quantitative estimate of drug-likeness (QED) is 0.634. The van der Waals surface area contributed by atoms with Gasteiger partial charge in [0.05, 0.1) is 18.8 Å². The molecule has 0 atom stereocenters. The molecule has 5 heteroatoms. The highest BCUT2D eigenvalue weighted by Crippen LogP contribution is 2.14. The predicted octanol–water partition coefficient (Wildman–Crippen LogP) is 3.57.